The number of aromatic nitrogens is 2. The lowest BCUT2D eigenvalue weighted by atomic mass is 9.89. The van der Waals surface area contributed by atoms with Crippen molar-refractivity contribution in [1.82, 2.24) is 9.88 Å². The normalized spacial score (nSPS) is 13.1. The van der Waals surface area contributed by atoms with Gasteiger partial charge in [0.15, 0.2) is 5.43 Å². The summed E-state index contributed by atoms with van der Waals surface area (Å²) < 4.78 is 31.3. The highest BCUT2D eigenvalue weighted by atomic mass is 31.2. The molecule has 0 saturated heterocycles. The molecule has 1 unspecified atom stereocenters. The first-order chi connectivity index (χ1) is 22.4. The summed E-state index contributed by atoms with van der Waals surface area (Å²) in [4.78, 5) is 75.0. The van der Waals surface area contributed by atoms with E-state index in [0.29, 0.717) is 16.5 Å². The van der Waals surface area contributed by atoms with Gasteiger partial charge in [0.2, 0.25) is 6.33 Å². The molecule has 2 aliphatic rings. The predicted octanol–water partition coefficient (Wildman–Crippen LogP) is 0.850. The van der Waals surface area contributed by atoms with Crippen LogP contribution in [0.2, 0.25) is 0 Å². The van der Waals surface area contributed by atoms with E-state index < -0.39 is 44.8 Å². The van der Waals surface area contributed by atoms with E-state index in [9.17, 15) is 63.5 Å². The Morgan fingerprint density at radius 3 is 2.35 bits per heavy atom. The van der Waals surface area contributed by atoms with E-state index in [1.54, 1.807) is 0 Å². The van der Waals surface area contributed by atoms with Gasteiger partial charge in [0, 0.05) is 40.8 Å². The number of imidazole rings is 1. The molecule has 1 aliphatic heterocycles. The van der Waals surface area contributed by atoms with Gasteiger partial charge in [0.1, 0.15) is 48.7 Å². The first kappa shape index (κ1) is 34.6. The minimum atomic E-state index is -5.70. The number of nitrogens with one attached hydrogen (secondary N) is 1. The van der Waals surface area contributed by atoms with Gasteiger partial charge in [-0.1, -0.05) is 0 Å². The Balaban J connectivity index is 1.38. The summed E-state index contributed by atoms with van der Waals surface area (Å²) in [6, 6.07) is 11.9. The van der Waals surface area contributed by atoms with Gasteiger partial charge in [-0.05, 0) is 48.0 Å². The van der Waals surface area contributed by atoms with Crippen LogP contribution in [0.5, 0.6) is 5.75 Å². The number of aliphatic hydroxyl groups is 2. The maximum atomic E-state index is 13.2. The van der Waals surface area contributed by atoms with Crippen LogP contribution in [-0.4, -0.2) is 74.2 Å². The number of hydrogen-bond acceptors (Lipinski definition) is 9. The van der Waals surface area contributed by atoms with Crippen LogP contribution < -0.4 is 15.3 Å². The zero-order valence-corrected chi connectivity index (χ0v) is 26.2. The molecular formula is C29H28N3O14P2+. The number of phenolic OH excluding ortho intramolecular Hbond substituents is 1. The molecule has 3 aromatic rings. The van der Waals surface area contributed by atoms with Crippen molar-refractivity contribution < 1.29 is 67.7 Å². The number of amides is 1. The number of phenols is 1. The molecule has 9 N–H and O–H groups in total. The molecule has 2 aromatic carbocycles. The summed E-state index contributed by atoms with van der Waals surface area (Å²) in [5.41, 5.74) is 0.405. The van der Waals surface area contributed by atoms with Crippen molar-refractivity contribution in [2.45, 2.75) is 24.3 Å². The Bertz CT molecular complexity index is 2160. The molecule has 5 rings (SSSR count). The number of aliphatic hydroxyl groups excluding tert-OH is 1. The molecule has 0 fully saturated rings. The highest BCUT2D eigenvalue weighted by Crippen LogP contribution is 2.67. The highest BCUT2D eigenvalue weighted by Gasteiger charge is 2.61. The first-order valence-electron chi connectivity index (χ1n) is 13.8. The lowest BCUT2D eigenvalue weighted by Crippen LogP contribution is -2.46. The molecule has 1 amide bonds. The number of carboxylic acids is 1. The fraction of sp³-hybridized carbons (Fsp3) is 0.172. The molecule has 1 atom stereocenters. The van der Waals surface area contributed by atoms with E-state index in [1.165, 1.54) is 65.4 Å². The van der Waals surface area contributed by atoms with Gasteiger partial charge < -0.3 is 49.7 Å². The Morgan fingerprint density at radius 2 is 1.69 bits per heavy atom. The third-order valence-electron chi connectivity index (χ3n) is 7.45. The second kappa shape index (κ2) is 12.7. The van der Waals surface area contributed by atoms with Gasteiger partial charge in [0.05, 0.1) is 5.56 Å². The average molecular weight is 704 g/mol. The van der Waals surface area contributed by atoms with E-state index >= 15 is 0 Å². The molecule has 0 bridgehead atoms. The molecule has 19 heteroatoms. The van der Waals surface area contributed by atoms with E-state index in [-0.39, 0.29) is 52.3 Å². The van der Waals surface area contributed by atoms with Crippen molar-refractivity contribution in [2.75, 3.05) is 6.54 Å². The largest absolute Gasteiger partial charge is 0.508 e. The number of carbonyl (C=O) groups excluding carboxylic acids is 1. The van der Waals surface area contributed by atoms with Gasteiger partial charge in [-0.2, -0.15) is 0 Å². The number of rotatable bonds is 11. The number of carbonyl (C=O) groups is 2. The van der Waals surface area contributed by atoms with Crippen LogP contribution in [-0.2, 0) is 22.2 Å². The van der Waals surface area contributed by atoms with Crippen molar-refractivity contribution in [1.29, 1.82) is 0 Å². The van der Waals surface area contributed by atoms with Crippen LogP contribution in [0.25, 0.3) is 33.4 Å². The maximum absolute atomic E-state index is 13.2. The Morgan fingerprint density at radius 1 is 0.979 bits per heavy atom. The Labute approximate surface area is 269 Å². The number of aromatic hydroxyl groups is 1. The predicted molar refractivity (Wildman–Crippen MR) is 165 cm³/mol. The van der Waals surface area contributed by atoms with E-state index in [2.05, 4.69) is 5.32 Å². The molecular weight excluding hydrogens is 676 g/mol. The topological polar surface area (TPSA) is 281 Å². The minimum absolute atomic E-state index is 0.0106. The third kappa shape index (κ3) is 6.80. The van der Waals surface area contributed by atoms with Crippen LogP contribution in [0.15, 0.2) is 82.5 Å². The zero-order chi connectivity index (χ0) is 35.2. The van der Waals surface area contributed by atoms with Crippen LogP contribution in [0.1, 0.15) is 20.7 Å². The molecule has 0 saturated carbocycles. The molecule has 0 radical (unpaired) electrons. The Kier molecular flexibility index (Phi) is 9.18. The van der Waals surface area contributed by atoms with E-state index in [0.717, 1.165) is 17.1 Å². The van der Waals surface area contributed by atoms with Crippen molar-refractivity contribution >= 4 is 38.0 Å². The summed E-state index contributed by atoms with van der Waals surface area (Å²) in [5.74, 6) is -2.03. The fourth-order valence-corrected chi connectivity index (χ4v) is 7.14. The molecule has 17 nitrogen and oxygen atoms in total. The number of nitrogens with zero attached hydrogens (tertiary/aromatic N) is 2. The van der Waals surface area contributed by atoms with Crippen molar-refractivity contribution in [2.24, 2.45) is 0 Å². The molecule has 1 aromatic heterocycles. The van der Waals surface area contributed by atoms with Crippen LogP contribution in [0, 0.1) is 0 Å². The molecule has 2 heterocycles. The van der Waals surface area contributed by atoms with Crippen LogP contribution >= 0.6 is 15.2 Å². The van der Waals surface area contributed by atoms with Gasteiger partial charge in [-0.3, -0.25) is 18.7 Å². The summed E-state index contributed by atoms with van der Waals surface area (Å²) in [7, 11) is -11.4. The fourth-order valence-electron chi connectivity index (χ4n) is 5.09. The molecule has 48 heavy (non-hydrogen) atoms. The van der Waals surface area contributed by atoms with Gasteiger partial charge in [-0.25, -0.2) is 13.9 Å². The molecule has 1 aliphatic carbocycles. The second-order valence-electron chi connectivity index (χ2n) is 10.9. The number of fused-ring (bicyclic) bond motifs is 2. The monoisotopic (exact) mass is 704 g/mol. The minimum Gasteiger partial charge on any atom is -0.508 e. The second-order valence-corrected chi connectivity index (χ2v) is 14.9. The summed E-state index contributed by atoms with van der Waals surface area (Å²) >= 11 is 0. The van der Waals surface area contributed by atoms with Crippen molar-refractivity contribution in [3.05, 3.63) is 94.7 Å². The number of hydrogen-bond donors (Lipinski definition) is 9. The standard InChI is InChI=1S/C29H27N3O14P2/c33-17-2-5-21-24(10-17)46-25-11-18(34)3-6-22(25)26(21)23-9-16(1-4-20(23)28(37)38)27(36)30-12-19(35)13-31-7-8-32(15-31)14-29(39,47(40,41)42)48(43,44)45/h1-11,15,19,35,39H,12-14H2,(H6-,30,33,34,36,37,38,40,41,42,43,44,45)/p+1. The summed E-state index contributed by atoms with van der Waals surface area (Å²) in [6.07, 6.45) is 2.30. The SMILES string of the molecule is O=C(NCC(O)Cn1cc[n+](CC(O)(P(=O)(O)O)P(=O)(O)O)c1)c1ccc(C(=O)O)c(-c2c3ccc(=O)cc-3oc3cc(O)ccc23)c1. The van der Waals surface area contributed by atoms with E-state index in [1.807, 2.05) is 0 Å². The van der Waals surface area contributed by atoms with Crippen LogP contribution in [0.3, 0.4) is 0 Å². The molecule has 252 valence electrons. The Hall–Kier alpha value is -4.70. The van der Waals surface area contributed by atoms with Crippen molar-refractivity contribution in [3.63, 3.8) is 0 Å². The summed E-state index contributed by atoms with van der Waals surface area (Å²) in [5, 5.41) is 39.9. The zero-order valence-electron chi connectivity index (χ0n) is 24.4. The maximum Gasteiger partial charge on any atom is 0.373 e. The van der Waals surface area contributed by atoms with E-state index in [4.69, 9.17) is 4.42 Å². The molecule has 0 spiro atoms. The average Bonchev–Trinajstić information content (AvgIpc) is 3.43. The highest BCUT2D eigenvalue weighted by molar-refractivity contribution is 7.72. The van der Waals surface area contributed by atoms with Gasteiger partial charge in [-0.15, -0.1) is 0 Å². The number of benzene rings is 3. The number of aromatic carboxylic acids is 1. The quantitative estimate of drug-likeness (QED) is 0.0524. The summed E-state index contributed by atoms with van der Waals surface area (Å²) in [6.45, 7) is -1.71. The van der Waals surface area contributed by atoms with Crippen molar-refractivity contribution in [3.8, 4) is 28.2 Å². The van der Waals surface area contributed by atoms with Gasteiger partial charge >= 0.3 is 26.2 Å². The third-order valence-corrected chi connectivity index (χ3v) is 11.2. The first-order valence-corrected chi connectivity index (χ1v) is 17.0. The lowest BCUT2D eigenvalue weighted by Gasteiger charge is -2.27. The lowest BCUT2D eigenvalue weighted by molar-refractivity contribution is -0.703. The number of carboxylic acid groups (broad SMARTS) is 1. The smallest absolute Gasteiger partial charge is 0.373 e. The van der Waals surface area contributed by atoms with Gasteiger partial charge in [0.25, 0.3) is 5.91 Å². The van der Waals surface area contributed by atoms with Crippen LogP contribution in [0.4, 0.5) is 0 Å².